The van der Waals surface area contributed by atoms with Crippen LogP contribution in [0.2, 0.25) is 0 Å². The minimum atomic E-state index is -4.36. The van der Waals surface area contributed by atoms with Crippen LogP contribution < -0.4 is 20.7 Å². The van der Waals surface area contributed by atoms with Gasteiger partial charge in [0.2, 0.25) is 11.8 Å². The molecule has 1 aromatic heterocycles. The molecule has 0 aliphatic rings. The largest absolute Gasteiger partial charge is 0.480 e. The zero-order valence-corrected chi connectivity index (χ0v) is 11.6. The van der Waals surface area contributed by atoms with E-state index in [-0.39, 0.29) is 24.8 Å². The summed E-state index contributed by atoms with van der Waals surface area (Å²) in [5.41, 5.74) is 2.80. The number of halogens is 3. The van der Waals surface area contributed by atoms with E-state index in [1.54, 1.807) is 0 Å². The van der Waals surface area contributed by atoms with Crippen molar-refractivity contribution in [2.75, 3.05) is 27.4 Å². The molecule has 1 unspecified atom stereocenters. The topological polar surface area (TPSA) is 91.5 Å². The summed E-state index contributed by atoms with van der Waals surface area (Å²) < 4.78 is 50.4. The van der Waals surface area contributed by atoms with Gasteiger partial charge in [-0.1, -0.05) is 0 Å². The van der Waals surface area contributed by atoms with Crippen LogP contribution in [0, 0.1) is 0 Å². The fourth-order valence-corrected chi connectivity index (χ4v) is 1.54. The molecule has 1 aromatic rings. The van der Waals surface area contributed by atoms with Crippen molar-refractivity contribution in [1.29, 1.82) is 0 Å². The lowest BCUT2D eigenvalue weighted by Crippen LogP contribution is -2.30. The Kier molecular flexibility index (Phi) is 6.59. The van der Waals surface area contributed by atoms with Gasteiger partial charge in [0.1, 0.15) is 12.3 Å². The van der Waals surface area contributed by atoms with Crippen molar-refractivity contribution in [1.82, 2.24) is 15.4 Å². The smallest absolute Gasteiger partial charge is 0.411 e. The molecule has 21 heavy (non-hydrogen) atoms. The lowest BCUT2D eigenvalue weighted by Gasteiger charge is -2.17. The number of nitrogens with one attached hydrogen (secondary N) is 1. The molecule has 1 atom stereocenters. The number of nitrogens with two attached hydrogens (primary N) is 1. The first-order valence-electron chi connectivity index (χ1n) is 5.96. The molecule has 7 nitrogen and oxygen atoms in total. The third-order valence-electron chi connectivity index (χ3n) is 2.50. The lowest BCUT2D eigenvalue weighted by molar-refractivity contribution is -0.174. The summed E-state index contributed by atoms with van der Waals surface area (Å²) in [6, 6.07) is -0.563. The van der Waals surface area contributed by atoms with Crippen molar-refractivity contribution >= 4 is 0 Å². The Morgan fingerprint density at radius 2 is 2.05 bits per heavy atom. The maximum Gasteiger partial charge on any atom is 0.411 e. The van der Waals surface area contributed by atoms with E-state index >= 15 is 0 Å². The summed E-state index contributed by atoms with van der Waals surface area (Å²) in [4.78, 5) is 8.11. The molecule has 0 bridgehead atoms. The Hall–Kier alpha value is -1.65. The standard InChI is InChI=1S/C11H17F3N4O3/c1-19-8-5-16-9(10(17-8)20-2)7(18-15)3-4-21-6-11(12,13)14/h5,7,18H,3-4,6,15H2,1-2H3. The van der Waals surface area contributed by atoms with E-state index < -0.39 is 18.8 Å². The number of rotatable bonds is 8. The predicted octanol–water partition coefficient (Wildman–Crippen LogP) is 0.967. The van der Waals surface area contributed by atoms with E-state index in [2.05, 4.69) is 20.1 Å². The van der Waals surface area contributed by atoms with Gasteiger partial charge >= 0.3 is 6.18 Å². The molecule has 0 aromatic carbocycles. The van der Waals surface area contributed by atoms with Crippen LogP contribution in [0.3, 0.4) is 0 Å². The van der Waals surface area contributed by atoms with Gasteiger partial charge < -0.3 is 14.2 Å². The summed E-state index contributed by atoms with van der Waals surface area (Å²) in [6.07, 6.45) is -2.83. The van der Waals surface area contributed by atoms with E-state index in [4.69, 9.17) is 15.3 Å². The highest BCUT2D eigenvalue weighted by Gasteiger charge is 2.27. The zero-order chi connectivity index (χ0) is 15.9. The van der Waals surface area contributed by atoms with Gasteiger partial charge in [-0.15, -0.1) is 0 Å². The number of nitrogens with zero attached hydrogens (tertiary/aromatic N) is 2. The van der Waals surface area contributed by atoms with Crippen LogP contribution in [0.1, 0.15) is 18.2 Å². The second-order valence-electron chi connectivity index (χ2n) is 3.98. The Morgan fingerprint density at radius 3 is 2.57 bits per heavy atom. The van der Waals surface area contributed by atoms with Crippen molar-refractivity contribution in [3.63, 3.8) is 0 Å². The number of ether oxygens (including phenoxy) is 3. The van der Waals surface area contributed by atoms with E-state index in [1.165, 1.54) is 20.4 Å². The minimum Gasteiger partial charge on any atom is -0.480 e. The molecule has 0 saturated carbocycles. The molecule has 0 radical (unpaired) electrons. The average Bonchev–Trinajstić information content (AvgIpc) is 2.46. The fraction of sp³-hybridized carbons (Fsp3) is 0.636. The average molecular weight is 310 g/mol. The van der Waals surface area contributed by atoms with Crippen LogP contribution in [0.5, 0.6) is 11.8 Å². The molecule has 0 saturated heterocycles. The van der Waals surface area contributed by atoms with Gasteiger partial charge in [-0.3, -0.25) is 11.3 Å². The predicted molar refractivity (Wildman–Crippen MR) is 66.7 cm³/mol. The fourth-order valence-electron chi connectivity index (χ4n) is 1.54. The zero-order valence-electron chi connectivity index (χ0n) is 11.6. The third kappa shape index (κ3) is 5.69. The van der Waals surface area contributed by atoms with Crippen molar-refractivity contribution < 1.29 is 27.4 Å². The summed E-state index contributed by atoms with van der Waals surface area (Å²) in [6.45, 7) is -1.46. The Balaban J connectivity index is 2.67. The summed E-state index contributed by atoms with van der Waals surface area (Å²) in [5.74, 6) is 5.81. The maximum atomic E-state index is 12.0. The molecular weight excluding hydrogens is 293 g/mol. The highest BCUT2D eigenvalue weighted by Crippen LogP contribution is 2.25. The highest BCUT2D eigenvalue weighted by molar-refractivity contribution is 5.25. The Morgan fingerprint density at radius 1 is 1.33 bits per heavy atom. The van der Waals surface area contributed by atoms with Crippen LogP contribution in [-0.2, 0) is 4.74 Å². The number of hydrogen-bond donors (Lipinski definition) is 2. The number of aromatic nitrogens is 2. The van der Waals surface area contributed by atoms with Crippen LogP contribution in [-0.4, -0.2) is 43.6 Å². The van der Waals surface area contributed by atoms with Gasteiger partial charge in [0.05, 0.1) is 26.5 Å². The molecule has 0 aliphatic heterocycles. The maximum absolute atomic E-state index is 12.0. The molecule has 3 N–H and O–H groups in total. The van der Waals surface area contributed by atoms with Crippen LogP contribution in [0.25, 0.3) is 0 Å². The van der Waals surface area contributed by atoms with Crippen molar-refractivity contribution in [2.24, 2.45) is 5.84 Å². The summed E-state index contributed by atoms with van der Waals surface area (Å²) in [5, 5.41) is 0. The number of alkyl halides is 3. The van der Waals surface area contributed by atoms with Gasteiger partial charge in [-0.25, -0.2) is 4.98 Å². The highest BCUT2D eigenvalue weighted by atomic mass is 19.4. The number of methoxy groups -OCH3 is 2. The monoisotopic (exact) mass is 310 g/mol. The van der Waals surface area contributed by atoms with Gasteiger partial charge in [0.15, 0.2) is 0 Å². The first-order chi connectivity index (χ1) is 9.91. The molecule has 0 spiro atoms. The number of hydrogen-bond acceptors (Lipinski definition) is 7. The SMILES string of the molecule is COc1cnc(C(CCOCC(F)(F)F)NN)c(OC)n1. The van der Waals surface area contributed by atoms with E-state index in [0.717, 1.165) is 0 Å². The molecule has 0 amide bonds. The molecule has 1 rings (SSSR count). The molecular formula is C11H17F3N4O3. The first kappa shape index (κ1) is 17.4. The third-order valence-corrected chi connectivity index (χ3v) is 2.50. The van der Waals surface area contributed by atoms with Gasteiger partial charge in [-0.2, -0.15) is 18.2 Å². The van der Waals surface area contributed by atoms with Crippen molar-refractivity contribution in [3.05, 3.63) is 11.9 Å². The lowest BCUT2D eigenvalue weighted by atomic mass is 10.1. The second kappa shape index (κ2) is 7.96. The molecule has 0 aliphatic carbocycles. The number of hydrazine groups is 1. The van der Waals surface area contributed by atoms with Crippen molar-refractivity contribution in [3.8, 4) is 11.8 Å². The quantitative estimate of drug-likeness (QED) is 0.420. The minimum absolute atomic E-state index is 0.148. The second-order valence-corrected chi connectivity index (χ2v) is 3.98. The van der Waals surface area contributed by atoms with Gasteiger partial charge in [0, 0.05) is 6.61 Å². The van der Waals surface area contributed by atoms with Crippen LogP contribution >= 0.6 is 0 Å². The Bertz CT molecular complexity index is 445. The molecule has 120 valence electrons. The first-order valence-corrected chi connectivity index (χ1v) is 5.96. The summed E-state index contributed by atoms with van der Waals surface area (Å²) >= 11 is 0. The van der Waals surface area contributed by atoms with Gasteiger partial charge in [-0.05, 0) is 6.42 Å². The van der Waals surface area contributed by atoms with E-state index in [9.17, 15) is 13.2 Å². The molecule has 10 heteroatoms. The summed E-state index contributed by atoms with van der Waals surface area (Å²) in [7, 11) is 2.81. The molecule has 0 fully saturated rings. The van der Waals surface area contributed by atoms with Crippen LogP contribution in [0.4, 0.5) is 13.2 Å². The van der Waals surface area contributed by atoms with Gasteiger partial charge in [0.25, 0.3) is 0 Å². The Labute approximate surface area is 119 Å². The molecule has 1 heterocycles. The van der Waals surface area contributed by atoms with Crippen LogP contribution in [0.15, 0.2) is 6.20 Å². The van der Waals surface area contributed by atoms with E-state index in [0.29, 0.717) is 5.69 Å². The van der Waals surface area contributed by atoms with E-state index in [1.807, 2.05) is 0 Å². The normalized spacial score (nSPS) is 13.0. The van der Waals surface area contributed by atoms with Crippen molar-refractivity contribution in [2.45, 2.75) is 18.6 Å².